The number of aromatic nitrogens is 1. The zero-order valence-electron chi connectivity index (χ0n) is 22.2. The zero-order chi connectivity index (χ0) is 25.6. The van der Waals surface area contributed by atoms with Crippen molar-refractivity contribution in [1.29, 1.82) is 0 Å². The fraction of sp³-hybridized carbons (Fsp3) is 0.621. The van der Waals surface area contributed by atoms with E-state index in [1.54, 1.807) is 6.26 Å². The van der Waals surface area contributed by atoms with Crippen LogP contribution >= 0.6 is 0 Å². The molecule has 3 heterocycles. The van der Waals surface area contributed by atoms with Crippen LogP contribution in [-0.4, -0.2) is 57.9 Å². The number of fused-ring (bicyclic) bond motifs is 7. The molecule has 196 valence electrons. The number of rotatable bonds is 4. The fourth-order valence-corrected chi connectivity index (χ4v) is 6.56. The standard InChI is InChI=1S/C29H40N2O5/c1-6-34-18(2)35-17-19-11-13-23-22(27(19)32)12-14-25-26-21(15-16-30(23)25)20-9-7-8-10-24(20)31(26)28(33)36-29(3,4)5/h7-10,17-18,22-23,25,27,32H,6,11-16H2,1-5H3/b19-17-/t18?,22-,23+,25+,27+/m1/s1. The summed E-state index contributed by atoms with van der Waals surface area (Å²) >= 11 is 0. The second-order valence-corrected chi connectivity index (χ2v) is 11.3. The Morgan fingerprint density at radius 2 is 1.97 bits per heavy atom. The molecule has 1 unspecified atom stereocenters. The third-order valence-corrected chi connectivity index (χ3v) is 7.95. The van der Waals surface area contributed by atoms with Gasteiger partial charge in [0.25, 0.3) is 0 Å². The van der Waals surface area contributed by atoms with Crippen molar-refractivity contribution in [2.24, 2.45) is 5.92 Å². The van der Waals surface area contributed by atoms with Crippen LogP contribution in [0.3, 0.4) is 0 Å². The van der Waals surface area contributed by atoms with Gasteiger partial charge in [-0.15, -0.1) is 0 Å². The summed E-state index contributed by atoms with van der Waals surface area (Å²) in [4.78, 5) is 16.0. The van der Waals surface area contributed by atoms with Crippen LogP contribution in [0.5, 0.6) is 0 Å². The molecule has 2 aliphatic heterocycles. The number of aliphatic hydroxyl groups is 1. The number of carbonyl (C=O) groups excluding carboxylic acids is 1. The molecule has 2 aromatic rings. The molecule has 7 nitrogen and oxygen atoms in total. The number of nitrogens with zero attached hydrogens (tertiary/aromatic N) is 2. The SMILES string of the molecule is CCOC(C)O/C=C1/CC[C@H]2[C@@H](CC[C@H]3c4c(c5ccccc5n4C(=O)OC(C)(C)C)CCN32)[C@H]1O. The van der Waals surface area contributed by atoms with Crippen LogP contribution in [0.25, 0.3) is 10.9 Å². The number of para-hydroxylation sites is 1. The molecule has 2 fully saturated rings. The molecule has 0 radical (unpaired) electrons. The third kappa shape index (κ3) is 4.57. The van der Waals surface area contributed by atoms with E-state index in [4.69, 9.17) is 14.2 Å². The highest BCUT2D eigenvalue weighted by atomic mass is 16.7. The molecule has 1 aromatic carbocycles. The van der Waals surface area contributed by atoms with E-state index in [2.05, 4.69) is 11.0 Å². The number of ether oxygens (including phenoxy) is 3. The first kappa shape index (κ1) is 25.3. The van der Waals surface area contributed by atoms with Crippen LogP contribution in [0.4, 0.5) is 4.79 Å². The van der Waals surface area contributed by atoms with Crippen molar-refractivity contribution in [3.05, 3.63) is 47.4 Å². The van der Waals surface area contributed by atoms with E-state index in [0.29, 0.717) is 6.61 Å². The summed E-state index contributed by atoms with van der Waals surface area (Å²) in [6, 6.07) is 8.61. The van der Waals surface area contributed by atoms with Crippen LogP contribution in [0.1, 0.15) is 77.6 Å². The predicted molar refractivity (Wildman–Crippen MR) is 139 cm³/mol. The summed E-state index contributed by atoms with van der Waals surface area (Å²) in [6.45, 7) is 11.1. The average molecular weight is 497 g/mol. The van der Waals surface area contributed by atoms with Gasteiger partial charge in [0, 0.05) is 30.5 Å². The topological polar surface area (TPSA) is 73.2 Å². The summed E-state index contributed by atoms with van der Waals surface area (Å²) in [7, 11) is 0. The molecule has 1 aromatic heterocycles. The van der Waals surface area contributed by atoms with Gasteiger partial charge >= 0.3 is 6.09 Å². The Labute approximate surface area is 214 Å². The van der Waals surface area contributed by atoms with Gasteiger partial charge in [-0.2, -0.15) is 0 Å². The molecule has 5 rings (SSSR count). The van der Waals surface area contributed by atoms with E-state index >= 15 is 0 Å². The maximum absolute atomic E-state index is 13.5. The molecule has 1 N–H and O–H groups in total. The minimum absolute atomic E-state index is 0.141. The number of benzene rings is 1. The number of aliphatic hydroxyl groups excluding tert-OH is 1. The van der Waals surface area contributed by atoms with Gasteiger partial charge in [-0.25, -0.2) is 9.36 Å². The van der Waals surface area contributed by atoms with Crippen molar-refractivity contribution in [1.82, 2.24) is 9.47 Å². The number of piperidine rings is 1. The molecule has 1 saturated carbocycles. The largest absolute Gasteiger partial charge is 0.473 e. The van der Waals surface area contributed by atoms with Gasteiger partial charge in [0.2, 0.25) is 0 Å². The molecule has 0 bridgehead atoms. The molecular formula is C29H40N2O5. The maximum Gasteiger partial charge on any atom is 0.419 e. The molecule has 1 aliphatic carbocycles. The summed E-state index contributed by atoms with van der Waals surface area (Å²) in [5.74, 6) is 0.160. The summed E-state index contributed by atoms with van der Waals surface area (Å²) in [5, 5.41) is 12.4. The molecule has 36 heavy (non-hydrogen) atoms. The highest BCUT2D eigenvalue weighted by molar-refractivity contribution is 5.94. The van der Waals surface area contributed by atoms with Crippen molar-refractivity contribution < 1.29 is 24.1 Å². The first-order valence-corrected chi connectivity index (χ1v) is 13.4. The lowest BCUT2D eigenvalue weighted by Crippen LogP contribution is -2.55. The molecule has 3 aliphatic rings. The minimum Gasteiger partial charge on any atom is -0.473 e. The zero-order valence-corrected chi connectivity index (χ0v) is 22.2. The van der Waals surface area contributed by atoms with Gasteiger partial charge < -0.3 is 19.3 Å². The van der Waals surface area contributed by atoms with Gasteiger partial charge in [0.15, 0.2) is 6.29 Å². The van der Waals surface area contributed by atoms with Crippen LogP contribution in [0.2, 0.25) is 0 Å². The first-order chi connectivity index (χ1) is 17.2. The average Bonchev–Trinajstić information content (AvgIpc) is 3.17. The summed E-state index contributed by atoms with van der Waals surface area (Å²) in [6.07, 6.45) is 5.04. The Morgan fingerprint density at radius 1 is 1.19 bits per heavy atom. The Hall–Kier alpha value is -2.35. The third-order valence-electron chi connectivity index (χ3n) is 7.95. The van der Waals surface area contributed by atoms with Crippen molar-refractivity contribution in [2.45, 2.75) is 96.8 Å². The minimum atomic E-state index is -0.570. The highest BCUT2D eigenvalue weighted by Gasteiger charge is 2.47. The van der Waals surface area contributed by atoms with E-state index in [1.165, 1.54) is 5.56 Å². The Kier molecular flexibility index (Phi) is 6.92. The van der Waals surface area contributed by atoms with Crippen molar-refractivity contribution in [3.63, 3.8) is 0 Å². The second kappa shape index (κ2) is 9.84. The molecule has 1 saturated heterocycles. The van der Waals surface area contributed by atoms with Gasteiger partial charge in [0.05, 0.1) is 29.6 Å². The lowest BCUT2D eigenvalue weighted by molar-refractivity contribution is -0.0917. The van der Waals surface area contributed by atoms with E-state index in [0.717, 1.165) is 60.8 Å². The van der Waals surface area contributed by atoms with Crippen molar-refractivity contribution in [2.75, 3.05) is 13.2 Å². The number of hydrogen-bond acceptors (Lipinski definition) is 6. The van der Waals surface area contributed by atoms with Gasteiger partial charge in [-0.05, 0) is 83.9 Å². The predicted octanol–water partition coefficient (Wildman–Crippen LogP) is 5.54. The number of hydrogen-bond donors (Lipinski definition) is 1. The maximum atomic E-state index is 13.5. The van der Waals surface area contributed by atoms with Crippen molar-refractivity contribution in [3.8, 4) is 0 Å². The Bertz CT molecular complexity index is 1150. The number of carbonyl (C=O) groups is 1. The van der Waals surface area contributed by atoms with Crippen LogP contribution in [-0.2, 0) is 20.6 Å². The molecular weight excluding hydrogens is 456 g/mol. The molecule has 0 amide bonds. The monoisotopic (exact) mass is 496 g/mol. The highest BCUT2D eigenvalue weighted by Crippen LogP contribution is 2.49. The first-order valence-electron chi connectivity index (χ1n) is 13.4. The van der Waals surface area contributed by atoms with Crippen molar-refractivity contribution >= 4 is 17.0 Å². The van der Waals surface area contributed by atoms with Gasteiger partial charge in [0.1, 0.15) is 5.60 Å². The lowest BCUT2D eigenvalue weighted by Gasteiger charge is -2.52. The van der Waals surface area contributed by atoms with E-state index < -0.39 is 11.7 Å². The molecule has 0 spiro atoms. The van der Waals surface area contributed by atoms with E-state index in [9.17, 15) is 9.90 Å². The van der Waals surface area contributed by atoms with Gasteiger partial charge in [-0.3, -0.25) is 4.90 Å². The van der Waals surface area contributed by atoms with Gasteiger partial charge in [-0.1, -0.05) is 18.2 Å². The summed E-state index contributed by atoms with van der Waals surface area (Å²) < 4.78 is 18.9. The normalized spacial score (nSPS) is 28.3. The Morgan fingerprint density at radius 3 is 2.72 bits per heavy atom. The Balaban J connectivity index is 1.45. The molecule has 7 heteroatoms. The quantitative estimate of drug-likeness (QED) is 0.443. The lowest BCUT2D eigenvalue weighted by atomic mass is 9.71. The smallest absolute Gasteiger partial charge is 0.419 e. The van der Waals surface area contributed by atoms with Crippen LogP contribution < -0.4 is 0 Å². The van der Waals surface area contributed by atoms with E-state index in [1.807, 2.05) is 57.4 Å². The second-order valence-electron chi connectivity index (χ2n) is 11.3. The van der Waals surface area contributed by atoms with Crippen LogP contribution in [0.15, 0.2) is 36.1 Å². The fourth-order valence-electron chi connectivity index (χ4n) is 6.56. The molecule has 5 atom stereocenters. The van der Waals surface area contributed by atoms with E-state index in [-0.39, 0.29) is 30.4 Å². The van der Waals surface area contributed by atoms with Crippen LogP contribution in [0, 0.1) is 5.92 Å². The summed E-state index contributed by atoms with van der Waals surface area (Å²) in [5.41, 5.74) is 3.67.